The number of benzene rings is 2. The monoisotopic (exact) mass is 264 g/mol. The molecule has 20 heavy (non-hydrogen) atoms. The first-order valence-corrected chi connectivity index (χ1v) is 6.54. The standard InChI is InChI=1S/C18H16O2/c1-2-3-14-17(19)20-18(15-10-6-4-7-11-15)16-12-8-5-9-13-16/h1,4-13,18H,3,14H2. The van der Waals surface area contributed by atoms with Crippen LogP contribution in [0, 0.1) is 12.3 Å². The Hall–Kier alpha value is -2.53. The Balaban J connectivity index is 2.22. The SMILES string of the molecule is C#CCCC(=O)OC(c1ccccc1)c1ccccc1. The predicted molar refractivity (Wildman–Crippen MR) is 78.9 cm³/mol. The second-order valence-electron chi connectivity index (χ2n) is 4.40. The van der Waals surface area contributed by atoms with Crippen LogP contribution in [0.1, 0.15) is 30.1 Å². The van der Waals surface area contributed by atoms with Crippen LogP contribution < -0.4 is 0 Å². The molecule has 2 aromatic carbocycles. The van der Waals surface area contributed by atoms with Gasteiger partial charge in [-0.05, 0) is 11.1 Å². The Kier molecular flexibility index (Phi) is 4.97. The van der Waals surface area contributed by atoms with Crippen molar-refractivity contribution in [3.63, 3.8) is 0 Å². The molecule has 0 radical (unpaired) electrons. The number of esters is 1. The van der Waals surface area contributed by atoms with Gasteiger partial charge in [0.2, 0.25) is 0 Å². The number of ether oxygens (including phenoxy) is 1. The summed E-state index contributed by atoms with van der Waals surface area (Å²) >= 11 is 0. The van der Waals surface area contributed by atoms with Crippen LogP contribution in [-0.4, -0.2) is 5.97 Å². The molecule has 0 aliphatic rings. The third kappa shape index (κ3) is 3.73. The lowest BCUT2D eigenvalue weighted by Gasteiger charge is -2.18. The second-order valence-corrected chi connectivity index (χ2v) is 4.40. The highest BCUT2D eigenvalue weighted by Gasteiger charge is 2.18. The van der Waals surface area contributed by atoms with E-state index in [1.807, 2.05) is 60.7 Å². The third-order valence-corrected chi connectivity index (χ3v) is 2.93. The van der Waals surface area contributed by atoms with E-state index in [4.69, 9.17) is 11.2 Å². The molecule has 100 valence electrons. The van der Waals surface area contributed by atoms with Crippen LogP contribution in [0.2, 0.25) is 0 Å². The summed E-state index contributed by atoms with van der Waals surface area (Å²) in [6, 6.07) is 19.4. The quantitative estimate of drug-likeness (QED) is 0.607. The fourth-order valence-electron chi connectivity index (χ4n) is 1.95. The molecule has 2 heteroatoms. The van der Waals surface area contributed by atoms with Gasteiger partial charge in [-0.1, -0.05) is 60.7 Å². The molecule has 0 aliphatic carbocycles. The van der Waals surface area contributed by atoms with Gasteiger partial charge >= 0.3 is 5.97 Å². The highest BCUT2D eigenvalue weighted by atomic mass is 16.5. The first-order chi connectivity index (χ1) is 9.81. The number of carbonyl (C=O) groups excluding carboxylic acids is 1. The molecule has 0 aromatic heterocycles. The van der Waals surface area contributed by atoms with Gasteiger partial charge in [0.15, 0.2) is 6.10 Å². The molecule has 2 rings (SSSR count). The highest BCUT2D eigenvalue weighted by Crippen LogP contribution is 2.26. The minimum atomic E-state index is -0.386. The maximum atomic E-state index is 11.8. The van der Waals surface area contributed by atoms with Crippen molar-refractivity contribution in [1.29, 1.82) is 0 Å². The summed E-state index contributed by atoms with van der Waals surface area (Å²) in [7, 11) is 0. The molecule has 0 bridgehead atoms. The molecule has 2 aromatic rings. The summed E-state index contributed by atoms with van der Waals surface area (Å²) in [4.78, 5) is 11.8. The average Bonchev–Trinajstić information content (AvgIpc) is 2.52. The lowest BCUT2D eigenvalue weighted by atomic mass is 10.0. The highest BCUT2D eigenvalue weighted by molar-refractivity contribution is 5.70. The van der Waals surface area contributed by atoms with E-state index in [1.165, 1.54) is 0 Å². The molecular formula is C18H16O2. The average molecular weight is 264 g/mol. The molecule has 0 heterocycles. The van der Waals surface area contributed by atoms with Gasteiger partial charge < -0.3 is 4.74 Å². The van der Waals surface area contributed by atoms with Crippen LogP contribution in [0.4, 0.5) is 0 Å². The van der Waals surface area contributed by atoms with Gasteiger partial charge in [0.1, 0.15) is 0 Å². The second kappa shape index (κ2) is 7.16. The van der Waals surface area contributed by atoms with Gasteiger partial charge in [-0.3, -0.25) is 4.79 Å². The van der Waals surface area contributed by atoms with Crippen molar-refractivity contribution in [1.82, 2.24) is 0 Å². The van der Waals surface area contributed by atoms with E-state index in [0.717, 1.165) is 11.1 Å². The Labute approximate surface area is 119 Å². The van der Waals surface area contributed by atoms with Gasteiger partial charge in [-0.15, -0.1) is 12.3 Å². The van der Waals surface area contributed by atoms with E-state index >= 15 is 0 Å². The smallest absolute Gasteiger partial charge is 0.307 e. The predicted octanol–water partition coefficient (Wildman–Crippen LogP) is 3.73. The molecule has 0 atom stereocenters. The normalized spacial score (nSPS) is 10.0. The van der Waals surface area contributed by atoms with Crippen LogP contribution in [0.15, 0.2) is 60.7 Å². The van der Waals surface area contributed by atoms with Gasteiger partial charge in [0.25, 0.3) is 0 Å². The van der Waals surface area contributed by atoms with Gasteiger partial charge in [-0.2, -0.15) is 0 Å². The lowest BCUT2D eigenvalue weighted by molar-refractivity contribution is -0.147. The Bertz CT molecular complexity index is 542. The Morgan fingerprint density at radius 1 is 1.00 bits per heavy atom. The Morgan fingerprint density at radius 2 is 1.50 bits per heavy atom. The van der Waals surface area contributed by atoms with E-state index in [9.17, 15) is 4.79 Å². The fraction of sp³-hybridized carbons (Fsp3) is 0.167. The van der Waals surface area contributed by atoms with Crippen LogP contribution in [0.3, 0.4) is 0 Å². The Morgan fingerprint density at radius 3 is 1.95 bits per heavy atom. The van der Waals surface area contributed by atoms with E-state index in [1.54, 1.807) is 0 Å². The molecule has 0 fully saturated rings. The van der Waals surface area contributed by atoms with Crippen LogP contribution in [-0.2, 0) is 9.53 Å². The van der Waals surface area contributed by atoms with Gasteiger partial charge in [0, 0.05) is 6.42 Å². The van der Waals surface area contributed by atoms with Crippen LogP contribution >= 0.6 is 0 Å². The molecular weight excluding hydrogens is 248 g/mol. The van der Waals surface area contributed by atoms with Gasteiger partial charge in [0.05, 0.1) is 6.42 Å². The third-order valence-electron chi connectivity index (χ3n) is 2.93. The zero-order valence-corrected chi connectivity index (χ0v) is 11.2. The summed E-state index contributed by atoms with van der Waals surface area (Å²) in [5.74, 6) is 2.17. The molecule has 0 unspecified atom stereocenters. The van der Waals surface area contributed by atoms with Crippen molar-refractivity contribution in [2.24, 2.45) is 0 Å². The van der Waals surface area contributed by atoms with Gasteiger partial charge in [-0.25, -0.2) is 0 Å². The minimum absolute atomic E-state index is 0.243. The summed E-state index contributed by atoms with van der Waals surface area (Å²) < 4.78 is 5.59. The molecule has 0 saturated carbocycles. The van der Waals surface area contributed by atoms with Crippen molar-refractivity contribution in [2.75, 3.05) is 0 Å². The van der Waals surface area contributed by atoms with Crippen molar-refractivity contribution in [3.05, 3.63) is 71.8 Å². The first-order valence-electron chi connectivity index (χ1n) is 6.54. The zero-order chi connectivity index (χ0) is 14.2. The maximum absolute atomic E-state index is 11.8. The summed E-state index contributed by atoms with van der Waals surface area (Å²) in [5, 5.41) is 0. The number of rotatable bonds is 5. The van der Waals surface area contributed by atoms with Crippen molar-refractivity contribution >= 4 is 5.97 Å². The van der Waals surface area contributed by atoms with Crippen molar-refractivity contribution in [3.8, 4) is 12.3 Å². The van der Waals surface area contributed by atoms with E-state index in [0.29, 0.717) is 6.42 Å². The molecule has 2 nitrogen and oxygen atoms in total. The van der Waals surface area contributed by atoms with Crippen LogP contribution in [0.5, 0.6) is 0 Å². The summed E-state index contributed by atoms with van der Waals surface area (Å²) in [5.41, 5.74) is 1.90. The molecule has 0 aliphatic heterocycles. The van der Waals surface area contributed by atoms with Crippen LogP contribution in [0.25, 0.3) is 0 Å². The van der Waals surface area contributed by atoms with E-state index < -0.39 is 0 Å². The summed E-state index contributed by atoms with van der Waals surface area (Å²) in [6.45, 7) is 0. The maximum Gasteiger partial charge on any atom is 0.307 e. The molecule has 0 N–H and O–H groups in total. The zero-order valence-electron chi connectivity index (χ0n) is 11.2. The molecule has 0 spiro atoms. The number of terminal acetylenes is 1. The van der Waals surface area contributed by atoms with Crippen molar-refractivity contribution in [2.45, 2.75) is 18.9 Å². The topological polar surface area (TPSA) is 26.3 Å². The van der Waals surface area contributed by atoms with E-state index in [2.05, 4.69) is 5.92 Å². The van der Waals surface area contributed by atoms with E-state index in [-0.39, 0.29) is 18.5 Å². The minimum Gasteiger partial charge on any atom is -0.453 e. The van der Waals surface area contributed by atoms with Crippen molar-refractivity contribution < 1.29 is 9.53 Å². The fourth-order valence-corrected chi connectivity index (χ4v) is 1.95. The lowest BCUT2D eigenvalue weighted by Crippen LogP contribution is -2.12. The number of hydrogen-bond donors (Lipinski definition) is 0. The number of hydrogen-bond acceptors (Lipinski definition) is 2. The molecule has 0 saturated heterocycles. The molecule has 0 amide bonds. The number of carbonyl (C=O) groups is 1. The summed E-state index contributed by atoms with van der Waals surface area (Å²) in [6.07, 6.45) is 5.43. The largest absolute Gasteiger partial charge is 0.453 e. The first kappa shape index (κ1) is 13.9.